The van der Waals surface area contributed by atoms with Gasteiger partial charge in [-0.2, -0.15) is 0 Å². The van der Waals surface area contributed by atoms with E-state index in [1.807, 2.05) is 0 Å². The molecular weight excluding hydrogens is 214 g/mol. The lowest BCUT2D eigenvalue weighted by molar-refractivity contribution is 0.366. The minimum absolute atomic E-state index is 0.657. The Kier molecular flexibility index (Phi) is 4.12. The van der Waals surface area contributed by atoms with E-state index in [4.69, 9.17) is 5.73 Å². The molecule has 0 atom stereocenters. The molecule has 0 radical (unpaired) electrons. The summed E-state index contributed by atoms with van der Waals surface area (Å²) in [7, 11) is 4.16. The smallest absolute Gasteiger partial charge is 0.0871 e. The maximum absolute atomic E-state index is 5.62. The lowest BCUT2D eigenvalue weighted by Crippen LogP contribution is -2.20. The molecule has 5 heteroatoms. The summed E-state index contributed by atoms with van der Waals surface area (Å²) in [6, 6.07) is 0. The van der Waals surface area contributed by atoms with E-state index in [0.717, 1.165) is 37.5 Å². The molecule has 1 aliphatic carbocycles. The zero-order chi connectivity index (χ0) is 12.3. The van der Waals surface area contributed by atoms with Gasteiger partial charge >= 0.3 is 0 Å². The van der Waals surface area contributed by atoms with Crippen molar-refractivity contribution in [1.82, 2.24) is 19.9 Å². The van der Waals surface area contributed by atoms with E-state index in [0.29, 0.717) is 6.54 Å². The Morgan fingerprint density at radius 2 is 2.18 bits per heavy atom. The van der Waals surface area contributed by atoms with Gasteiger partial charge in [0.05, 0.1) is 17.9 Å². The first-order chi connectivity index (χ1) is 8.20. The highest BCUT2D eigenvalue weighted by atomic mass is 15.4. The first-order valence-corrected chi connectivity index (χ1v) is 6.46. The van der Waals surface area contributed by atoms with Gasteiger partial charge in [0.15, 0.2) is 0 Å². The quantitative estimate of drug-likeness (QED) is 0.740. The number of aromatic nitrogens is 3. The Morgan fingerprint density at radius 1 is 1.41 bits per heavy atom. The summed E-state index contributed by atoms with van der Waals surface area (Å²) in [6.45, 7) is 2.58. The molecule has 1 aromatic rings. The molecule has 2 N–H and O–H groups in total. The third-order valence-electron chi connectivity index (χ3n) is 3.24. The highest BCUT2D eigenvalue weighted by Crippen LogP contribution is 2.33. The van der Waals surface area contributed by atoms with Crippen LogP contribution < -0.4 is 5.73 Å². The summed E-state index contributed by atoms with van der Waals surface area (Å²) in [5, 5.41) is 8.55. The van der Waals surface area contributed by atoms with E-state index in [-0.39, 0.29) is 0 Å². The predicted molar refractivity (Wildman–Crippen MR) is 67.8 cm³/mol. The fourth-order valence-corrected chi connectivity index (χ4v) is 1.99. The lowest BCUT2D eigenvalue weighted by atomic mass is 10.1. The van der Waals surface area contributed by atoms with Crippen molar-refractivity contribution in [3.05, 3.63) is 11.4 Å². The van der Waals surface area contributed by atoms with Gasteiger partial charge in [-0.3, -0.25) is 0 Å². The van der Waals surface area contributed by atoms with Crippen LogP contribution in [0.3, 0.4) is 0 Å². The van der Waals surface area contributed by atoms with Crippen molar-refractivity contribution < 1.29 is 0 Å². The second-order valence-corrected chi connectivity index (χ2v) is 5.20. The van der Waals surface area contributed by atoms with Gasteiger partial charge in [0, 0.05) is 13.0 Å². The molecule has 0 saturated heterocycles. The molecule has 2 rings (SSSR count). The van der Waals surface area contributed by atoms with E-state index in [2.05, 4.69) is 34.0 Å². The molecule has 1 fully saturated rings. The standard InChI is InChI=1S/C12H23N5/c1-16(2)7-8-17-12(9-10-3-4-10)11(5-6-13)14-15-17/h10H,3-9,13H2,1-2H3. The van der Waals surface area contributed by atoms with Crippen molar-refractivity contribution in [2.75, 3.05) is 27.2 Å². The second-order valence-electron chi connectivity index (χ2n) is 5.20. The first-order valence-electron chi connectivity index (χ1n) is 6.46. The fourth-order valence-electron chi connectivity index (χ4n) is 1.99. The average Bonchev–Trinajstić information content (AvgIpc) is 3.01. The highest BCUT2D eigenvalue weighted by molar-refractivity contribution is 5.13. The minimum atomic E-state index is 0.657. The topological polar surface area (TPSA) is 60.0 Å². The Bertz CT molecular complexity index is 354. The SMILES string of the molecule is CN(C)CCn1nnc(CCN)c1CC1CC1. The van der Waals surface area contributed by atoms with Gasteiger partial charge in [0.25, 0.3) is 0 Å². The van der Waals surface area contributed by atoms with Crippen LogP contribution in [0.2, 0.25) is 0 Å². The summed E-state index contributed by atoms with van der Waals surface area (Å²) in [5.74, 6) is 0.864. The predicted octanol–water partition coefficient (Wildman–Crippen LogP) is 0.293. The molecule has 0 aromatic carbocycles. The van der Waals surface area contributed by atoms with Gasteiger partial charge in [-0.15, -0.1) is 5.10 Å². The van der Waals surface area contributed by atoms with Crippen molar-refractivity contribution >= 4 is 0 Å². The number of likely N-dealkylation sites (N-methyl/N-ethyl adjacent to an activating group) is 1. The van der Waals surface area contributed by atoms with Crippen LogP contribution in [0.15, 0.2) is 0 Å². The second kappa shape index (κ2) is 5.60. The van der Waals surface area contributed by atoms with Crippen molar-refractivity contribution in [2.24, 2.45) is 11.7 Å². The van der Waals surface area contributed by atoms with Gasteiger partial charge < -0.3 is 10.6 Å². The zero-order valence-electron chi connectivity index (χ0n) is 10.9. The van der Waals surface area contributed by atoms with E-state index in [9.17, 15) is 0 Å². The number of hydrogen-bond donors (Lipinski definition) is 1. The van der Waals surface area contributed by atoms with E-state index >= 15 is 0 Å². The number of nitrogens with two attached hydrogens (primary N) is 1. The van der Waals surface area contributed by atoms with Crippen LogP contribution in [0.4, 0.5) is 0 Å². The maximum Gasteiger partial charge on any atom is 0.0871 e. The lowest BCUT2D eigenvalue weighted by Gasteiger charge is -2.11. The molecule has 0 unspecified atom stereocenters. The molecule has 0 spiro atoms. The van der Waals surface area contributed by atoms with Crippen molar-refractivity contribution in [3.63, 3.8) is 0 Å². The van der Waals surface area contributed by atoms with Crippen LogP contribution in [-0.4, -0.2) is 47.1 Å². The summed E-state index contributed by atoms with van der Waals surface area (Å²) in [5.41, 5.74) is 8.05. The van der Waals surface area contributed by atoms with Crippen LogP contribution in [0, 0.1) is 5.92 Å². The van der Waals surface area contributed by atoms with Gasteiger partial charge in [0.1, 0.15) is 0 Å². The molecule has 0 amide bonds. The Balaban J connectivity index is 2.06. The Hall–Kier alpha value is -0.940. The van der Waals surface area contributed by atoms with Crippen molar-refractivity contribution in [1.29, 1.82) is 0 Å². The first kappa shape index (κ1) is 12.5. The molecule has 17 heavy (non-hydrogen) atoms. The van der Waals surface area contributed by atoms with Crippen LogP contribution >= 0.6 is 0 Å². The molecule has 0 bridgehead atoms. The molecule has 1 aliphatic rings. The summed E-state index contributed by atoms with van der Waals surface area (Å²) in [4.78, 5) is 2.17. The van der Waals surface area contributed by atoms with Gasteiger partial charge in [-0.1, -0.05) is 5.21 Å². The number of rotatable bonds is 7. The Labute approximate surface area is 103 Å². The van der Waals surface area contributed by atoms with Gasteiger partial charge in [-0.05, 0) is 45.8 Å². The molecular formula is C12H23N5. The molecule has 96 valence electrons. The van der Waals surface area contributed by atoms with Crippen LogP contribution in [0.1, 0.15) is 24.2 Å². The highest BCUT2D eigenvalue weighted by Gasteiger charge is 2.25. The average molecular weight is 237 g/mol. The van der Waals surface area contributed by atoms with E-state index in [1.54, 1.807) is 0 Å². The molecule has 5 nitrogen and oxygen atoms in total. The Morgan fingerprint density at radius 3 is 2.76 bits per heavy atom. The molecule has 1 saturated carbocycles. The van der Waals surface area contributed by atoms with Crippen LogP contribution in [0.5, 0.6) is 0 Å². The largest absolute Gasteiger partial charge is 0.330 e. The number of hydrogen-bond acceptors (Lipinski definition) is 4. The zero-order valence-corrected chi connectivity index (χ0v) is 10.9. The van der Waals surface area contributed by atoms with E-state index < -0.39 is 0 Å². The third kappa shape index (κ3) is 3.51. The van der Waals surface area contributed by atoms with Crippen molar-refractivity contribution in [3.8, 4) is 0 Å². The molecule has 1 heterocycles. The third-order valence-corrected chi connectivity index (χ3v) is 3.24. The summed E-state index contributed by atoms with van der Waals surface area (Å²) >= 11 is 0. The van der Waals surface area contributed by atoms with Crippen LogP contribution in [-0.2, 0) is 19.4 Å². The maximum atomic E-state index is 5.62. The monoisotopic (exact) mass is 237 g/mol. The number of nitrogens with zero attached hydrogens (tertiary/aromatic N) is 4. The van der Waals surface area contributed by atoms with Gasteiger partial charge in [0.2, 0.25) is 0 Å². The fraction of sp³-hybridized carbons (Fsp3) is 0.833. The summed E-state index contributed by atoms with van der Waals surface area (Å²) in [6.07, 6.45) is 4.71. The normalized spacial score (nSPS) is 15.8. The minimum Gasteiger partial charge on any atom is -0.330 e. The van der Waals surface area contributed by atoms with Gasteiger partial charge in [-0.25, -0.2) is 4.68 Å². The molecule has 1 aromatic heterocycles. The van der Waals surface area contributed by atoms with Crippen molar-refractivity contribution in [2.45, 2.75) is 32.2 Å². The molecule has 0 aliphatic heterocycles. The van der Waals surface area contributed by atoms with Crippen LogP contribution in [0.25, 0.3) is 0 Å². The summed E-state index contributed by atoms with van der Waals surface area (Å²) < 4.78 is 2.07. The van der Waals surface area contributed by atoms with E-state index in [1.165, 1.54) is 18.5 Å².